The monoisotopic (exact) mass is 290 g/mol. The highest BCUT2D eigenvalue weighted by Gasteiger charge is 2.21. The summed E-state index contributed by atoms with van der Waals surface area (Å²) in [7, 11) is 2.09. The SMILES string of the molecule is CC(N)C1CCN(Cc2ccc(N(C)C(C)C)nc2)CC1. The Hall–Kier alpha value is -1.13. The molecule has 1 fully saturated rings. The minimum absolute atomic E-state index is 0.333. The number of hydrogen-bond donors (Lipinski definition) is 1. The van der Waals surface area contributed by atoms with Crippen molar-refractivity contribution >= 4 is 5.82 Å². The smallest absolute Gasteiger partial charge is 0.128 e. The predicted molar refractivity (Wildman–Crippen MR) is 89.4 cm³/mol. The maximum atomic E-state index is 6.00. The summed E-state index contributed by atoms with van der Waals surface area (Å²) in [4.78, 5) is 9.30. The van der Waals surface area contributed by atoms with Crippen LogP contribution in [0.15, 0.2) is 18.3 Å². The molecule has 1 saturated heterocycles. The fourth-order valence-electron chi connectivity index (χ4n) is 2.88. The van der Waals surface area contributed by atoms with E-state index in [0.717, 1.165) is 25.5 Å². The van der Waals surface area contributed by atoms with Crippen LogP contribution in [-0.4, -0.2) is 42.1 Å². The molecule has 2 rings (SSSR count). The number of anilines is 1. The first-order valence-corrected chi connectivity index (χ1v) is 8.13. The molecule has 0 aliphatic carbocycles. The van der Waals surface area contributed by atoms with E-state index < -0.39 is 0 Å². The topological polar surface area (TPSA) is 45.4 Å². The summed E-state index contributed by atoms with van der Waals surface area (Å²) in [6, 6.07) is 5.14. The highest BCUT2D eigenvalue weighted by atomic mass is 15.2. The quantitative estimate of drug-likeness (QED) is 0.905. The van der Waals surface area contributed by atoms with Gasteiger partial charge >= 0.3 is 0 Å². The van der Waals surface area contributed by atoms with Crippen LogP contribution in [0.4, 0.5) is 5.82 Å². The molecule has 4 nitrogen and oxygen atoms in total. The molecule has 0 saturated carbocycles. The van der Waals surface area contributed by atoms with Gasteiger partial charge in [-0.3, -0.25) is 4.90 Å². The molecule has 1 aromatic rings. The van der Waals surface area contributed by atoms with Crippen molar-refractivity contribution in [3.8, 4) is 0 Å². The van der Waals surface area contributed by atoms with Crippen LogP contribution in [0.5, 0.6) is 0 Å². The van der Waals surface area contributed by atoms with Gasteiger partial charge in [0, 0.05) is 31.9 Å². The van der Waals surface area contributed by atoms with E-state index in [2.05, 4.69) is 54.7 Å². The van der Waals surface area contributed by atoms with E-state index >= 15 is 0 Å². The molecule has 0 aromatic carbocycles. The van der Waals surface area contributed by atoms with Crippen LogP contribution >= 0.6 is 0 Å². The third-order valence-electron chi connectivity index (χ3n) is 4.73. The van der Waals surface area contributed by atoms with Crippen molar-refractivity contribution < 1.29 is 0 Å². The predicted octanol–water partition coefficient (Wildman–Crippen LogP) is 2.49. The van der Waals surface area contributed by atoms with Gasteiger partial charge in [-0.05, 0) is 64.3 Å². The fourth-order valence-corrected chi connectivity index (χ4v) is 2.88. The molecular weight excluding hydrogens is 260 g/mol. The molecule has 2 N–H and O–H groups in total. The molecule has 0 spiro atoms. The van der Waals surface area contributed by atoms with Crippen LogP contribution in [-0.2, 0) is 6.54 Å². The number of piperidine rings is 1. The van der Waals surface area contributed by atoms with E-state index in [1.807, 2.05) is 6.20 Å². The van der Waals surface area contributed by atoms with Crippen molar-refractivity contribution in [3.63, 3.8) is 0 Å². The molecule has 1 unspecified atom stereocenters. The molecule has 4 heteroatoms. The summed E-state index contributed by atoms with van der Waals surface area (Å²) in [5.74, 6) is 1.74. The number of aromatic nitrogens is 1. The van der Waals surface area contributed by atoms with Crippen LogP contribution in [0.25, 0.3) is 0 Å². The van der Waals surface area contributed by atoms with E-state index in [9.17, 15) is 0 Å². The van der Waals surface area contributed by atoms with Gasteiger partial charge in [0.1, 0.15) is 5.82 Å². The van der Waals surface area contributed by atoms with Gasteiger partial charge in [0.25, 0.3) is 0 Å². The van der Waals surface area contributed by atoms with Crippen molar-refractivity contribution in [1.82, 2.24) is 9.88 Å². The van der Waals surface area contributed by atoms with Crippen LogP contribution < -0.4 is 10.6 Å². The van der Waals surface area contributed by atoms with Gasteiger partial charge in [-0.1, -0.05) is 6.07 Å². The Morgan fingerprint density at radius 3 is 2.43 bits per heavy atom. The Kier molecular flexibility index (Phi) is 5.59. The average Bonchev–Trinajstić information content (AvgIpc) is 2.47. The molecule has 1 aliphatic rings. The normalized spacial score (nSPS) is 19.0. The van der Waals surface area contributed by atoms with Gasteiger partial charge in [-0.2, -0.15) is 0 Å². The third-order valence-corrected chi connectivity index (χ3v) is 4.73. The van der Waals surface area contributed by atoms with E-state index in [0.29, 0.717) is 18.0 Å². The number of nitrogens with zero attached hydrogens (tertiary/aromatic N) is 3. The summed E-state index contributed by atoms with van der Waals surface area (Å²) >= 11 is 0. The maximum absolute atomic E-state index is 6.00. The Labute approximate surface area is 129 Å². The summed E-state index contributed by atoms with van der Waals surface area (Å²) in [6.45, 7) is 9.80. The Morgan fingerprint density at radius 1 is 1.29 bits per heavy atom. The minimum Gasteiger partial charge on any atom is -0.357 e. The van der Waals surface area contributed by atoms with E-state index in [-0.39, 0.29) is 0 Å². The van der Waals surface area contributed by atoms with E-state index in [1.54, 1.807) is 0 Å². The number of pyridine rings is 1. The third kappa shape index (κ3) is 4.42. The van der Waals surface area contributed by atoms with Gasteiger partial charge in [0.15, 0.2) is 0 Å². The first kappa shape index (κ1) is 16.2. The zero-order valence-corrected chi connectivity index (χ0v) is 13.9. The van der Waals surface area contributed by atoms with Crippen LogP contribution in [0.1, 0.15) is 39.2 Å². The Morgan fingerprint density at radius 2 is 1.95 bits per heavy atom. The van der Waals surface area contributed by atoms with Crippen LogP contribution in [0.2, 0.25) is 0 Å². The van der Waals surface area contributed by atoms with Gasteiger partial charge in [0.2, 0.25) is 0 Å². The number of rotatable bonds is 5. The Balaban J connectivity index is 1.87. The van der Waals surface area contributed by atoms with E-state index in [1.165, 1.54) is 18.4 Å². The molecule has 1 aromatic heterocycles. The van der Waals surface area contributed by atoms with Crippen molar-refractivity contribution in [2.24, 2.45) is 11.7 Å². The molecule has 0 radical (unpaired) electrons. The highest BCUT2D eigenvalue weighted by Crippen LogP contribution is 2.21. The van der Waals surface area contributed by atoms with Crippen LogP contribution in [0.3, 0.4) is 0 Å². The second-order valence-corrected chi connectivity index (χ2v) is 6.70. The molecule has 21 heavy (non-hydrogen) atoms. The van der Waals surface area contributed by atoms with Crippen molar-refractivity contribution in [1.29, 1.82) is 0 Å². The minimum atomic E-state index is 0.333. The second-order valence-electron chi connectivity index (χ2n) is 6.70. The largest absolute Gasteiger partial charge is 0.357 e. The molecule has 0 bridgehead atoms. The van der Waals surface area contributed by atoms with E-state index in [4.69, 9.17) is 5.73 Å². The van der Waals surface area contributed by atoms with Crippen molar-refractivity contribution in [2.75, 3.05) is 25.0 Å². The summed E-state index contributed by atoms with van der Waals surface area (Å²) in [5.41, 5.74) is 7.30. The molecule has 1 atom stereocenters. The van der Waals surface area contributed by atoms with Crippen LogP contribution in [0, 0.1) is 5.92 Å². The van der Waals surface area contributed by atoms with Gasteiger partial charge < -0.3 is 10.6 Å². The summed E-state index contributed by atoms with van der Waals surface area (Å²) in [5, 5.41) is 0. The number of nitrogens with two attached hydrogens (primary N) is 1. The molecular formula is C17H30N4. The summed E-state index contributed by atoms with van der Waals surface area (Å²) in [6.07, 6.45) is 4.46. The highest BCUT2D eigenvalue weighted by molar-refractivity contribution is 5.39. The first-order chi connectivity index (χ1) is 9.97. The molecule has 0 amide bonds. The van der Waals surface area contributed by atoms with Crippen molar-refractivity contribution in [2.45, 2.75) is 52.2 Å². The maximum Gasteiger partial charge on any atom is 0.128 e. The second kappa shape index (κ2) is 7.23. The zero-order chi connectivity index (χ0) is 15.4. The summed E-state index contributed by atoms with van der Waals surface area (Å²) < 4.78 is 0. The number of hydrogen-bond acceptors (Lipinski definition) is 4. The van der Waals surface area contributed by atoms with Crippen molar-refractivity contribution in [3.05, 3.63) is 23.9 Å². The fraction of sp³-hybridized carbons (Fsp3) is 0.706. The lowest BCUT2D eigenvalue weighted by molar-refractivity contribution is 0.165. The first-order valence-electron chi connectivity index (χ1n) is 8.13. The molecule has 118 valence electrons. The lowest BCUT2D eigenvalue weighted by Crippen LogP contribution is -2.39. The zero-order valence-electron chi connectivity index (χ0n) is 13.9. The van der Waals surface area contributed by atoms with Gasteiger partial charge in [0.05, 0.1) is 0 Å². The lowest BCUT2D eigenvalue weighted by atomic mass is 9.91. The Bertz CT molecular complexity index is 419. The lowest BCUT2D eigenvalue weighted by Gasteiger charge is -2.33. The standard InChI is InChI=1S/C17H30N4/c1-13(2)20(4)17-6-5-15(11-19-17)12-21-9-7-16(8-10-21)14(3)18/h5-6,11,13-14,16H,7-10,12,18H2,1-4H3. The average molecular weight is 290 g/mol. The number of likely N-dealkylation sites (tertiary alicyclic amines) is 1. The molecule has 1 aliphatic heterocycles. The van der Waals surface area contributed by atoms with Gasteiger partial charge in [-0.25, -0.2) is 4.98 Å². The van der Waals surface area contributed by atoms with Gasteiger partial charge in [-0.15, -0.1) is 0 Å². The molecule has 2 heterocycles.